The van der Waals surface area contributed by atoms with E-state index in [1.165, 1.54) is 59.3 Å². The van der Waals surface area contributed by atoms with Gasteiger partial charge in [0.05, 0.1) is 41.2 Å². The van der Waals surface area contributed by atoms with E-state index in [9.17, 15) is 39.6 Å². The fraction of sp³-hybridized carbons (Fsp3) is 0.545. The third kappa shape index (κ3) is 8.92. The van der Waals surface area contributed by atoms with E-state index < -0.39 is 89.6 Å². The third-order valence-electron chi connectivity index (χ3n) is 11.8. The second kappa shape index (κ2) is 17.2. The van der Waals surface area contributed by atoms with Gasteiger partial charge in [0.1, 0.15) is 23.4 Å². The predicted octanol–water partition coefficient (Wildman–Crippen LogP) is 5.30. The summed E-state index contributed by atoms with van der Waals surface area (Å²) < 4.78 is 29.8. The van der Waals surface area contributed by atoms with Crippen LogP contribution in [0, 0.1) is 36.0 Å². The van der Waals surface area contributed by atoms with E-state index in [-0.39, 0.29) is 56.0 Å². The SMILES string of the molecule is COC1/C=C/OC2(C)Oc3c(C)c(O)c4c(O)c(cc(OCC(=O)N5CC(C)(C)C5)c4c3C2=O)NC(=O)/C(C)=C/C=C/C(C)C(O)C(C)C(O)C(C)C(OC(C)=O)C1C. The van der Waals surface area contributed by atoms with Crippen molar-refractivity contribution in [1.29, 1.82) is 0 Å². The summed E-state index contributed by atoms with van der Waals surface area (Å²) >= 11 is 0. The van der Waals surface area contributed by atoms with Gasteiger partial charge in [0.2, 0.25) is 0 Å². The highest BCUT2D eigenvalue weighted by molar-refractivity contribution is 6.21. The maximum absolute atomic E-state index is 14.5. The fourth-order valence-corrected chi connectivity index (χ4v) is 8.14. The molecule has 6 rings (SSSR count). The number of phenols is 2. The van der Waals surface area contributed by atoms with Crippen molar-refractivity contribution in [2.24, 2.45) is 29.1 Å². The molecule has 2 aromatic carbocycles. The highest BCUT2D eigenvalue weighted by Crippen LogP contribution is 2.54. The van der Waals surface area contributed by atoms with Gasteiger partial charge in [0.25, 0.3) is 17.6 Å². The van der Waals surface area contributed by atoms with Crippen molar-refractivity contribution >= 4 is 40.0 Å². The van der Waals surface area contributed by atoms with Crippen LogP contribution in [-0.2, 0) is 28.6 Å². The number of hydrogen-bond acceptors (Lipinski definition) is 13. The van der Waals surface area contributed by atoms with Crippen LogP contribution >= 0.6 is 0 Å². The lowest BCUT2D eigenvalue weighted by Gasteiger charge is -2.45. The molecule has 15 nitrogen and oxygen atoms in total. The number of aromatic hydroxyl groups is 2. The van der Waals surface area contributed by atoms with Crippen molar-refractivity contribution in [3.63, 3.8) is 0 Å². The van der Waals surface area contributed by atoms with Gasteiger partial charge in [-0.1, -0.05) is 59.8 Å². The van der Waals surface area contributed by atoms with Gasteiger partial charge in [-0.05, 0) is 25.3 Å². The van der Waals surface area contributed by atoms with Crippen LogP contribution < -0.4 is 14.8 Å². The van der Waals surface area contributed by atoms with E-state index in [0.29, 0.717) is 13.1 Å². The first kappa shape index (κ1) is 45.0. The summed E-state index contributed by atoms with van der Waals surface area (Å²) in [5.74, 6) is -7.93. The zero-order valence-corrected chi connectivity index (χ0v) is 35.6. The number of nitrogens with zero attached hydrogens (tertiary/aromatic N) is 1. The van der Waals surface area contributed by atoms with E-state index in [1.54, 1.807) is 44.7 Å². The molecular formula is C44H58N2O13. The van der Waals surface area contributed by atoms with Gasteiger partial charge in [-0.15, -0.1) is 0 Å². The molecule has 1 saturated heterocycles. The first-order valence-electron chi connectivity index (χ1n) is 19.8. The monoisotopic (exact) mass is 822 g/mol. The quantitative estimate of drug-likeness (QED) is 0.192. The average molecular weight is 823 g/mol. The van der Waals surface area contributed by atoms with Gasteiger partial charge in [0.15, 0.2) is 12.4 Å². The molecule has 0 saturated carbocycles. The molecule has 9 unspecified atom stereocenters. The lowest BCUT2D eigenvalue weighted by Crippen LogP contribution is -2.56. The van der Waals surface area contributed by atoms with Crippen LogP contribution in [0.5, 0.6) is 23.0 Å². The minimum atomic E-state index is -2.02. The zero-order chi connectivity index (χ0) is 43.9. The Balaban J connectivity index is 1.65. The van der Waals surface area contributed by atoms with E-state index in [4.69, 9.17) is 23.7 Å². The zero-order valence-electron chi connectivity index (χ0n) is 35.6. The van der Waals surface area contributed by atoms with E-state index in [0.717, 1.165) is 0 Å². The Bertz CT molecular complexity index is 2080. The van der Waals surface area contributed by atoms with Gasteiger partial charge in [-0.2, -0.15) is 0 Å². The number of benzene rings is 2. The summed E-state index contributed by atoms with van der Waals surface area (Å²) in [6, 6.07) is 1.28. The van der Waals surface area contributed by atoms with Crippen LogP contribution in [0.15, 0.2) is 42.2 Å². The molecule has 15 heteroatoms. The summed E-state index contributed by atoms with van der Waals surface area (Å²) in [5, 5.41) is 48.5. The molecule has 0 radical (unpaired) electrons. The number of amides is 2. The number of likely N-dealkylation sites (tertiary alicyclic amines) is 1. The van der Waals surface area contributed by atoms with Crippen LogP contribution in [-0.4, -0.2) is 106 Å². The first-order chi connectivity index (χ1) is 27.5. The number of aliphatic hydroxyl groups excluding tert-OH is 2. The number of carbonyl (C=O) groups is 4. The number of hydrogen-bond donors (Lipinski definition) is 5. The van der Waals surface area contributed by atoms with Crippen molar-refractivity contribution in [1.82, 2.24) is 4.90 Å². The summed E-state index contributed by atoms with van der Waals surface area (Å²) in [5.41, 5.74) is -0.0391. The maximum Gasteiger partial charge on any atom is 0.312 e. The van der Waals surface area contributed by atoms with E-state index in [2.05, 4.69) is 5.32 Å². The second-order valence-corrected chi connectivity index (χ2v) is 17.1. The number of ether oxygens (including phenoxy) is 5. The Morgan fingerprint density at radius 2 is 1.61 bits per heavy atom. The molecule has 4 aliphatic heterocycles. The smallest absolute Gasteiger partial charge is 0.312 e. The van der Waals surface area contributed by atoms with Gasteiger partial charge >= 0.3 is 11.8 Å². The molecule has 0 aromatic heterocycles. The molecular weight excluding hydrogens is 764 g/mol. The van der Waals surface area contributed by atoms with Crippen LogP contribution in [0.2, 0.25) is 0 Å². The number of carbonyl (C=O) groups excluding carboxylic acids is 4. The fourth-order valence-electron chi connectivity index (χ4n) is 8.14. The van der Waals surface area contributed by atoms with E-state index in [1.807, 2.05) is 13.8 Å². The average Bonchev–Trinajstić information content (AvgIpc) is 3.43. The summed E-state index contributed by atoms with van der Waals surface area (Å²) in [6.07, 6.45) is 3.62. The topological polar surface area (TPSA) is 211 Å². The summed E-state index contributed by atoms with van der Waals surface area (Å²) in [7, 11) is 1.44. The highest BCUT2D eigenvalue weighted by Gasteiger charge is 2.50. The molecule has 0 spiro atoms. The molecule has 2 aromatic rings. The molecule has 4 aliphatic rings. The summed E-state index contributed by atoms with van der Waals surface area (Å²) in [6.45, 7) is 17.2. The number of phenolic OH excluding ortho intramolecular Hbond substituents is 2. The number of allylic oxidation sites excluding steroid dienone is 2. The number of nitrogens with one attached hydrogen (secondary N) is 1. The van der Waals surface area contributed by atoms with Crippen LogP contribution in [0.3, 0.4) is 0 Å². The first-order valence-corrected chi connectivity index (χ1v) is 19.8. The Labute approximate surface area is 344 Å². The number of esters is 1. The number of anilines is 1. The second-order valence-electron chi connectivity index (χ2n) is 17.1. The number of fused-ring (bicyclic) bond motifs is 14. The van der Waals surface area contributed by atoms with E-state index >= 15 is 0 Å². The Kier molecular flexibility index (Phi) is 13.1. The molecule has 5 N–H and O–H groups in total. The molecule has 0 aliphatic carbocycles. The lowest BCUT2D eigenvalue weighted by molar-refractivity contribution is -0.160. The minimum Gasteiger partial charge on any atom is -0.507 e. The van der Waals surface area contributed by atoms with Crippen molar-refractivity contribution in [2.75, 3.05) is 32.1 Å². The van der Waals surface area contributed by atoms with Crippen LogP contribution in [0.25, 0.3) is 10.8 Å². The maximum atomic E-state index is 14.5. The predicted molar refractivity (Wildman–Crippen MR) is 218 cm³/mol. The molecule has 322 valence electrons. The Morgan fingerprint density at radius 1 is 0.949 bits per heavy atom. The van der Waals surface area contributed by atoms with Crippen LogP contribution in [0.1, 0.15) is 78.2 Å². The molecule has 9 atom stereocenters. The van der Waals surface area contributed by atoms with Crippen molar-refractivity contribution in [3.05, 3.63) is 53.3 Å². The molecule has 1 fully saturated rings. The Hall–Kier alpha value is -5.12. The minimum absolute atomic E-state index is 0.0518. The number of Topliss-reactive ketones (excluding diaryl/α,β-unsaturated/α-hetero) is 1. The molecule has 5 bridgehead atoms. The molecule has 59 heavy (non-hydrogen) atoms. The van der Waals surface area contributed by atoms with Crippen molar-refractivity contribution < 1.29 is 63.3 Å². The van der Waals surface area contributed by atoms with Gasteiger partial charge in [-0.3, -0.25) is 19.2 Å². The Morgan fingerprint density at radius 3 is 2.22 bits per heavy atom. The number of aliphatic hydroxyl groups is 2. The lowest BCUT2D eigenvalue weighted by atomic mass is 9.78. The number of methoxy groups -OCH3 is 1. The highest BCUT2D eigenvalue weighted by atomic mass is 16.7. The molecule has 2 amide bonds. The van der Waals surface area contributed by atoms with Crippen LogP contribution in [0.4, 0.5) is 5.69 Å². The number of ketones is 1. The third-order valence-corrected chi connectivity index (χ3v) is 11.8. The normalized spacial score (nSPS) is 31.9. The molecule has 4 heterocycles. The number of rotatable bonds is 5. The van der Waals surface area contributed by atoms with Crippen molar-refractivity contribution in [3.8, 4) is 23.0 Å². The van der Waals surface area contributed by atoms with Gasteiger partial charge < -0.3 is 54.3 Å². The van der Waals surface area contributed by atoms with Gasteiger partial charge in [0, 0.05) is 80.3 Å². The largest absolute Gasteiger partial charge is 0.507 e. The van der Waals surface area contributed by atoms with Gasteiger partial charge in [-0.25, -0.2) is 0 Å². The van der Waals surface area contributed by atoms with Crippen molar-refractivity contribution in [2.45, 2.75) is 99.4 Å². The standard InChI is InChI=1S/C44H58N2O13/c1-21-13-12-14-22(2)42(54)45-28-17-30(56-18-31(48)46-19-43(8,9)20-46)32-33(38(28)52)37(51)26(6)40-34(32)41(53)44(10,59-40)57-16-15-29(55-11)23(3)39(58-27(7)47)25(5)36(50)24(4)35(21)49/h12-17,21,23-25,29,35-36,39,49-52H,18-20H2,1-11H3,(H,45,54)/b13-12+,16-15+,22-14+. The summed E-state index contributed by atoms with van der Waals surface area (Å²) in [4.78, 5) is 55.2.